The van der Waals surface area contributed by atoms with Crippen LogP contribution in [0.5, 0.6) is 5.75 Å². The highest BCUT2D eigenvalue weighted by atomic mass is 32.2. The molecule has 0 amide bonds. The van der Waals surface area contributed by atoms with Crippen LogP contribution in [0.2, 0.25) is 0 Å². The minimum atomic E-state index is -4.69. The van der Waals surface area contributed by atoms with Crippen molar-refractivity contribution in [3.8, 4) is 5.75 Å². The summed E-state index contributed by atoms with van der Waals surface area (Å²) in [4.78, 5) is 16.6. The van der Waals surface area contributed by atoms with Crippen molar-refractivity contribution in [1.29, 1.82) is 0 Å². The van der Waals surface area contributed by atoms with Crippen LogP contribution in [-0.2, 0) is 18.9 Å². The molecule has 0 saturated carbocycles. The van der Waals surface area contributed by atoms with Crippen LogP contribution in [0.15, 0.2) is 23.1 Å². The monoisotopic (exact) mass is 297 g/mol. The van der Waals surface area contributed by atoms with Crippen molar-refractivity contribution >= 4 is 23.3 Å². The fraction of sp³-hybridized carbons (Fsp3) is 0.250. The largest absolute Gasteiger partial charge is 0.506 e. The smallest absolute Gasteiger partial charge is 0.469 e. The van der Waals surface area contributed by atoms with E-state index in [9.17, 15) is 18.1 Å². The summed E-state index contributed by atoms with van der Waals surface area (Å²) in [5, 5.41) is 9.27. The fourth-order valence-electron chi connectivity index (χ4n) is 1.10. The van der Waals surface area contributed by atoms with Gasteiger partial charge in [-0.25, -0.2) is 13.0 Å². The highest BCUT2D eigenvalue weighted by Crippen LogP contribution is 2.35. The second-order valence-corrected chi connectivity index (χ2v) is 6.71. The van der Waals surface area contributed by atoms with E-state index in [1.165, 1.54) is 12.1 Å². The summed E-state index contributed by atoms with van der Waals surface area (Å²) >= 11 is 0. The molecule has 0 spiro atoms. The van der Waals surface area contributed by atoms with Crippen LogP contribution in [-0.4, -0.2) is 35.7 Å². The maximum absolute atomic E-state index is 11.7. The molecule has 1 aromatic carbocycles. The van der Waals surface area contributed by atoms with Crippen LogP contribution in [0.25, 0.3) is 0 Å². The Kier molecular flexibility index (Phi) is 4.36. The number of benzene rings is 1. The number of nitrogen functional groups attached to an aromatic ring is 1. The van der Waals surface area contributed by atoms with Gasteiger partial charge in [0.2, 0.25) is 0 Å². The number of anilines is 1. The molecule has 0 bridgehead atoms. The maximum atomic E-state index is 11.7. The van der Waals surface area contributed by atoms with Gasteiger partial charge in [0.15, 0.2) is 9.84 Å². The van der Waals surface area contributed by atoms with Crippen molar-refractivity contribution in [2.24, 2.45) is 0 Å². The van der Waals surface area contributed by atoms with Crippen molar-refractivity contribution < 1.29 is 32.4 Å². The molecule has 0 heterocycles. The first-order valence-electron chi connectivity index (χ1n) is 4.63. The van der Waals surface area contributed by atoms with Gasteiger partial charge < -0.3 is 20.6 Å². The molecule has 0 unspecified atom stereocenters. The number of aromatic hydroxyl groups is 1. The molecule has 8 nitrogen and oxygen atoms in total. The van der Waals surface area contributed by atoms with Gasteiger partial charge in [-0.05, 0) is 12.1 Å². The molecule has 18 heavy (non-hydrogen) atoms. The summed E-state index contributed by atoms with van der Waals surface area (Å²) in [6.07, 6.45) is 0. The normalized spacial score (nSPS) is 12.6. The number of phosphoric ester groups is 1. The highest BCUT2D eigenvalue weighted by molar-refractivity contribution is 7.91. The Morgan fingerprint density at radius 2 is 1.94 bits per heavy atom. The molecule has 0 aliphatic carbocycles. The summed E-state index contributed by atoms with van der Waals surface area (Å²) in [5.74, 6) is -1.01. The third kappa shape index (κ3) is 4.28. The molecular weight excluding hydrogens is 285 g/mol. The number of phenols is 1. The zero-order valence-electron chi connectivity index (χ0n) is 9.05. The third-order valence-electron chi connectivity index (χ3n) is 1.97. The molecule has 5 N–H and O–H groups in total. The molecule has 0 atom stereocenters. The molecule has 102 valence electrons. The molecule has 0 fully saturated rings. The maximum Gasteiger partial charge on any atom is 0.469 e. The van der Waals surface area contributed by atoms with Crippen LogP contribution < -0.4 is 5.73 Å². The standard InChI is InChI=1S/C8H12NO7PS/c9-7-2-1-6(5-8(7)10)18(14,15)4-3-16-17(11,12)13/h1-2,5,10H,3-4,9H2,(H2,11,12,13). The highest BCUT2D eigenvalue weighted by Gasteiger charge is 2.19. The average Bonchev–Trinajstić information content (AvgIpc) is 2.19. The van der Waals surface area contributed by atoms with Gasteiger partial charge in [-0.2, -0.15) is 0 Å². The Morgan fingerprint density at radius 1 is 1.33 bits per heavy atom. The van der Waals surface area contributed by atoms with E-state index in [1.807, 2.05) is 0 Å². The number of phosphoric acid groups is 1. The van der Waals surface area contributed by atoms with Crippen molar-refractivity contribution in [1.82, 2.24) is 0 Å². The zero-order chi connectivity index (χ0) is 14.0. The van der Waals surface area contributed by atoms with Crippen LogP contribution in [0.1, 0.15) is 0 Å². The third-order valence-corrected chi connectivity index (χ3v) is 4.17. The fourth-order valence-corrected chi connectivity index (χ4v) is 2.66. The van der Waals surface area contributed by atoms with Gasteiger partial charge in [-0.15, -0.1) is 0 Å². The molecular formula is C8H12NO7PS. The Labute approximate surface area is 103 Å². The van der Waals surface area contributed by atoms with Crippen molar-refractivity contribution in [2.45, 2.75) is 4.90 Å². The van der Waals surface area contributed by atoms with E-state index in [1.54, 1.807) is 0 Å². The number of nitrogens with two attached hydrogens (primary N) is 1. The molecule has 0 radical (unpaired) electrons. The van der Waals surface area contributed by atoms with Crippen molar-refractivity contribution in [2.75, 3.05) is 18.1 Å². The Bertz CT molecular complexity index is 579. The topological polar surface area (TPSA) is 147 Å². The van der Waals surface area contributed by atoms with Gasteiger partial charge in [0.1, 0.15) is 5.75 Å². The second-order valence-electron chi connectivity index (χ2n) is 3.36. The molecule has 0 saturated heterocycles. The number of rotatable bonds is 5. The Balaban J connectivity index is 2.81. The minimum absolute atomic E-state index is 0.0282. The summed E-state index contributed by atoms with van der Waals surface area (Å²) < 4.78 is 37.8. The molecule has 10 heteroatoms. The lowest BCUT2D eigenvalue weighted by atomic mass is 10.3. The molecule has 0 aliphatic heterocycles. The van der Waals surface area contributed by atoms with Gasteiger partial charge in [0, 0.05) is 6.07 Å². The number of hydrogen-bond donors (Lipinski definition) is 4. The quantitative estimate of drug-likeness (QED) is 0.333. The van der Waals surface area contributed by atoms with Gasteiger partial charge in [-0.1, -0.05) is 0 Å². The lowest BCUT2D eigenvalue weighted by molar-refractivity contribution is 0.207. The first kappa shape index (κ1) is 14.9. The molecule has 0 aromatic heterocycles. The van der Waals surface area contributed by atoms with Crippen LogP contribution in [0, 0.1) is 0 Å². The summed E-state index contributed by atoms with van der Waals surface area (Å²) in [6.45, 7) is -0.655. The lowest BCUT2D eigenvalue weighted by Gasteiger charge is -2.07. The molecule has 1 rings (SSSR count). The molecule has 1 aromatic rings. The Morgan fingerprint density at radius 3 is 2.44 bits per heavy atom. The van der Waals surface area contributed by atoms with Gasteiger partial charge >= 0.3 is 7.82 Å². The van der Waals surface area contributed by atoms with E-state index >= 15 is 0 Å². The summed E-state index contributed by atoms with van der Waals surface area (Å²) in [5.41, 5.74) is 5.34. The van der Waals surface area contributed by atoms with Crippen molar-refractivity contribution in [3.63, 3.8) is 0 Å². The van der Waals surface area contributed by atoms with E-state index in [0.717, 1.165) is 6.07 Å². The van der Waals surface area contributed by atoms with Crippen LogP contribution in [0.3, 0.4) is 0 Å². The predicted molar refractivity (Wildman–Crippen MR) is 62.6 cm³/mol. The number of hydrogen-bond acceptors (Lipinski definition) is 6. The van der Waals surface area contributed by atoms with Crippen molar-refractivity contribution in [3.05, 3.63) is 18.2 Å². The van der Waals surface area contributed by atoms with E-state index in [0.29, 0.717) is 0 Å². The number of sulfone groups is 1. The number of phenolic OH excluding ortho intramolecular Hbond substituents is 1. The predicted octanol–water partition coefficient (Wildman–Crippen LogP) is -0.143. The van der Waals surface area contributed by atoms with Crippen LogP contribution in [0.4, 0.5) is 5.69 Å². The van der Waals surface area contributed by atoms with E-state index in [2.05, 4.69) is 4.52 Å². The Hall–Kier alpha value is -1.12. The summed E-state index contributed by atoms with van der Waals surface area (Å²) in [7, 11) is -8.50. The SMILES string of the molecule is Nc1ccc(S(=O)(=O)CCOP(=O)(O)O)cc1O. The van der Waals surface area contributed by atoms with Gasteiger partial charge in [0.25, 0.3) is 0 Å². The zero-order valence-corrected chi connectivity index (χ0v) is 10.8. The van der Waals surface area contributed by atoms with Gasteiger partial charge in [0.05, 0.1) is 22.9 Å². The van der Waals surface area contributed by atoms with Gasteiger partial charge in [-0.3, -0.25) is 4.52 Å². The van der Waals surface area contributed by atoms with E-state index in [-0.39, 0.29) is 16.3 Å². The van der Waals surface area contributed by atoms with E-state index < -0.39 is 30.0 Å². The van der Waals surface area contributed by atoms with Crippen LogP contribution >= 0.6 is 7.82 Å². The first-order chi connectivity index (χ1) is 8.12. The first-order valence-corrected chi connectivity index (χ1v) is 7.81. The summed E-state index contributed by atoms with van der Waals surface area (Å²) in [6, 6.07) is 3.36. The lowest BCUT2D eigenvalue weighted by Crippen LogP contribution is -2.12. The average molecular weight is 297 g/mol. The molecule has 0 aliphatic rings. The minimum Gasteiger partial charge on any atom is -0.506 e. The van der Waals surface area contributed by atoms with E-state index in [4.69, 9.17) is 15.5 Å². The second kappa shape index (κ2) is 5.25.